The van der Waals surface area contributed by atoms with E-state index in [1.165, 1.54) is 50.7 Å². The summed E-state index contributed by atoms with van der Waals surface area (Å²) in [4.78, 5) is 34.8. The molecule has 0 radical (unpaired) electrons. The first kappa shape index (κ1) is 19.7. The molecule has 4 fully saturated rings. The summed E-state index contributed by atoms with van der Waals surface area (Å²) in [6.07, 6.45) is 7.56. The van der Waals surface area contributed by atoms with Crippen molar-refractivity contribution < 1.29 is 19.2 Å². The van der Waals surface area contributed by atoms with E-state index in [1.807, 2.05) is 0 Å². The van der Waals surface area contributed by atoms with E-state index in [0.29, 0.717) is 0 Å². The first-order valence-electron chi connectivity index (χ1n) is 10.3. The van der Waals surface area contributed by atoms with Crippen molar-refractivity contribution in [1.82, 2.24) is 5.32 Å². The fourth-order valence-electron chi connectivity index (χ4n) is 6.20. The number of nitro groups is 1. The molecule has 0 saturated heterocycles. The third-order valence-corrected chi connectivity index (χ3v) is 7.18. The molecule has 4 aliphatic carbocycles. The Bertz CT molecular complexity index is 817. The van der Waals surface area contributed by atoms with Crippen LogP contribution in [0.1, 0.15) is 55.8 Å². The third-order valence-electron chi connectivity index (χ3n) is 7.18. The van der Waals surface area contributed by atoms with E-state index in [4.69, 9.17) is 10.5 Å². The average molecular weight is 401 g/mol. The van der Waals surface area contributed by atoms with Crippen LogP contribution in [0, 0.1) is 33.3 Å². The van der Waals surface area contributed by atoms with Crippen LogP contribution in [0.15, 0.2) is 18.2 Å². The Hall–Kier alpha value is -2.64. The maximum Gasteiger partial charge on any atom is 0.340 e. The highest BCUT2D eigenvalue weighted by Crippen LogP contribution is 2.61. The fourth-order valence-corrected chi connectivity index (χ4v) is 6.20. The van der Waals surface area contributed by atoms with Crippen LogP contribution in [0.5, 0.6) is 0 Å². The van der Waals surface area contributed by atoms with Gasteiger partial charge in [-0.3, -0.25) is 14.9 Å². The Morgan fingerprint density at radius 1 is 1.24 bits per heavy atom. The summed E-state index contributed by atoms with van der Waals surface area (Å²) >= 11 is 0. The van der Waals surface area contributed by atoms with E-state index < -0.39 is 17.5 Å². The number of carbonyl (C=O) groups is 2. The largest absolute Gasteiger partial charge is 0.452 e. The molecule has 0 heterocycles. The van der Waals surface area contributed by atoms with Gasteiger partial charge in [-0.15, -0.1) is 0 Å². The molecule has 5 rings (SSSR count). The number of hydrogen-bond donors (Lipinski definition) is 2. The number of nitrogens with two attached hydrogens (primary N) is 1. The van der Waals surface area contributed by atoms with Crippen LogP contribution in [0.3, 0.4) is 0 Å². The number of anilines is 1. The van der Waals surface area contributed by atoms with E-state index in [1.54, 1.807) is 0 Å². The Morgan fingerprint density at radius 3 is 2.34 bits per heavy atom. The lowest BCUT2D eigenvalue weighted by Gasteiger charge is -2.59. The van der Waals surface area contributed by atoms with Gasteiger partial charge in [0.1, 0.15) is 0 Å². The number of ether oxygens (including phenoxy) is 1. The lowest BCUT2D eigenvalue weighted by molar-refractivity contribution is -0.384. The maximum absolute atomic E-state index is 12.4. The first-order valence-corrected chi connectivity index (χ1v) is 10.3. The molecular formula is C21H27N3O5. The molecule has 29 heavy (non-hydrogen) atoms. The molecule has 1 aromatic rings. The van der Waals surface area contributed by atoms with Gasteiger partial charge in [-0.1, -0.05) is 0 Å². The summed E-state index contributed by atoms with van der Waals surface area (Å²) in [6.45, 7) is 1.67. The van der Waals surface area contributed by atoms with Crippen molar-refractivity contribution in [3.8, 4) is 0 Å². The number of nitro benzene ring substituents is 1. The number of benzene rings is 1. The van der Waals surface area contributed by atoms with Crippen molar-refractivity contribution in [2.75, 3.05) is 12.3 Å². The average Bonchev–Trinajstić information content (AvgIpc) is 2.64. The third kappa shape index (κ3) is 3.80. The molecule has 4 saturated carbocycles. The molecule has 0 aliphatic heterocycles. The number of nitrogens with zero attached hydrogens (tertiary/aromatic N) is 1. The SMILES string of the molecule is C[C@@H](NC(=O)COC(=O)c1ccc([N+](=O)[O-])cc1N)C12CC3CC(CC(C3)C1)C2. The number of rotatable bonds is 6. The van der Waals surface area contributed by atoms with Crippen LogP contribution in [-0.2, 0) is 9.53 Å². The summed E-state index contributed by atoms with van der Waals surface area (Å²) < 4.78 is 5.09. The second kappa shape index (κ2) is 7.31. The lowest BCUT2D eigenvalue weighted by Crippen LogP contribution is -2.56. The van der Waals surface area contributed by atoms with Gasteiger partial charge in [-0.2, -0.15) is 0 Å². The number of esters is 1. The summed E-state index contributed by atoms with van der Waals surface area (Å²) in [5, 5.41) is 13.8. The summed E-state index contributed by atoms with van der Waals surface area (Å²) in [7, 11) is 0. The highest BCUT2D eigenvalue weighted by atomic mass is 16.6. The number of carbonyl (C=O) groups excluding carboxylic acids is 2. The quantitative estimate of drug-likeness (QED) is 0.327. The van der Waals surface area contributed by atoms with E-state index in [2.05, 4.69) is 12.2 Å². The normalized spacial score (nSPS) is 30.6. The number of non-ortho nitro benzene ring substituents is 1. The van der Waals surface area contributed by atoms with Crippen molar-refractivity contribution in [3.05, 3.63) is 33.9 Å². The van der Waals surface area contributed by atoms with Crippen LogP contribution < -0.4 is 11.1 Å². The van der Waals surface area contributed by atoms with Gasteiger partial charge in [0.05, 0.1) is 16.2 Å². The minimum Gasteiger partial charge on any atom is -0.452 e. The van der Waals surface area contributed by atoms with Crippen molar-refractivity contribution in [2.45, 2.75) is 51.5 Å². The number of hydrogen-bond acceptors (Lipinski definition) is 6. The number of nitrogens with one attached hydrogen (secondary N) is 1. The zero-order valence-corrected chi connectivity index (χ0v) is 16.6. The predicted molar refractivity (Wildman–Crippen MR) is 106 cm³/mol. The van der Waals surface area contributed by atoms with Gasteiger partial charge in [0, 0.05) is 18.2 Å². The van der Waals surface area contributed by atoms with Crippen molar-refractivity contribution in [2.24, 2.45) is 23.2 Å². The van der Waals surface area contributed by atoms with E-state index in [0.717, 1.165) is 23.8 Å². The predicted octanol–water partition coefficient (Wildman–Crippen LogP) is 3.05. The molecule has 0 spiro atoms. The van der Waals surface area contributed by atoms with Gasteiger partial charge in [0.15, 0.2) is 6.61 Å². The van der Waals surface area contributed by atoms with Crippen LogP contribution >= 0.6 is 0 Å². The van der Waals surface area contributed by atoms with Crippen LogP contribution in [0.25, 0.3) is 0 Å². The molecule has 1 aromatic carbocycles. The molecule has 156 valence electrons. The van der Waals surface area contributed by atoms with Gasteiger partial charge < -0.3 is 15.8 Å². The Labute approximate surface area is 169 Å². The Morgan fingerprint density at radius 2 is 1.83 bits per heavy atom. The molecule has 1 amide bonds. The Kier molecular flexibility index (Phi) is 4.96. The first-order chi connectivity index (χ1) is 13.8. The molecule has 4 aliphatic rings. The highest BCUT2D eigenvalue weighted by Gasteiger charge is 2.53. The van der Waals surface area contributed by atoms with E-state index in [-0.39, 0.29) is 34.3 Å². The molecule has 0 aromatic heterocycles. The minimum atomic E-state index is -0.769. The number of nitrogen functional groups attached to an aromatic ring is 1. The molecule has 4 bridgehead atoms. The van der Waals surface area contributed by atoms with Crippen LogP contribution in [0.4, 0.5) is 11.4 Å². The number of amides is 1. The monoisotopic (exact) mass is 401 g/mol. The molecule has 0 unspecified atom stereocenters. The zero-order valence-electron chi connectivity index (χ0n) is 16.6. The van der Waals surface area contributed by atoms with Gasteiger partial charge in [0.25, 0.3) is 11.6 Å². The zero-order chi connectivity index (χ0) is 20.8. The van der Waals surface area contributed by atoms with E-state index >= 15 is 0 Å². The standard InChI is InChI=1S/C21H27N3O5/c1-12(21-8-13-4-14(9-21)6-15(5-13)10-21)23-19(25)11-29-20(26)17-3-2-16(24(27)28)7-18(17)22/h2-3,7,12-15H,4-6,8-11,22H2,1H3,(H,23,25)/t12-,13?,14?,15?,21?/m1/s1. The molecule has 8 heteroatoms. The second-order valence-corrected chi connectivity index (χ2v) is 9.17. The molecule has 8 nitrogen and oxygen atoms in total. The van der Waals surface area contributed by atoms with Crippen molar-refractivity contribution in [3.63, 3.8) is 0 Å². The van der Waals surface area contributed by atoms with Crippen molar-refractivity contribution in [1.29, 1.82) is 0 Å². The maximum atomic E-state index is 12.4. The van der Waals surface area contributed by atoms with Gasteiger partial charge in [0.2, 0.25) is 0 Å². The second-order valence-electron chi connectivity index (χ2n) is 9.17. The minimum absolute atomic E-state index is 0.0116. The van der Waals surface area contributed by atoms with Crippen LogP contribution in [0.2, 0.25) is 0 Å². The van der Waals surface area contributed by atoms with Gasteiger partial charge in [-0.05, 0) is 74.7 Å². The van der Waals surface area contributed by atoms with Gasteiger partial charge in [-0.25, -0.2) is 4.79 Å². The summed E-state index contributed by atoms with van der Waals surface area (Å²) in [5.74, 6) is 1.28. The summed E-state index contributed by atoms with van der Waals surface area (Å²) in [5.41, 5.74) is 5.64. The van der Waals surface area contributed by atoms with Crippen molar-refractivity contribution >= 4 is 23.3 Å². The smallest absolute Gasteiger partial charge is 0.340 e. The Balaban J connectivity index is 1.32. The molecule has 3 N–H and O–H groups in total. The fraction of sp³-hybridized carbons (Fsp3) is 0.619. The molecule has 1 atom stereocenters. The highest BCUT2D eigenvalue weighted by molar-refractivity contribution is 5.96. The topological polar surface area (TPSA) is 125 Å². The van der Waals surface area contributed by atoms with Gasteiger partial charge >= 0.3 is 5.97 Å². The molecular weight excluding hydrogens is 374 g/mol. The lowest BCUT2D eigenvalue weighted by atomic mass is 9.48. The van der Waals surface area contributed by atoms with Crippen LogP contribution in [-0.4, -0.2) is 29.4 Å². The van der Waals surface area contributed by atoms with E-state index in [9.17, 15) is 19.7 Å². The summed E-state index contributed by atoms with van der Waals surface area (Å²) in [6, 6.07) is 3.58.